The maximum atomic E-state index is 12.2. The molecule has 1 aromatic rings. The van der Waals surface area contributed by atoms with E-state index in [1.54, 1.807) is 0 Å². The van der Waals surface area contributed by atoms with Gasteiger partial charge >= 0.3 is 5.97 Å². The molecule has 0 aliphatic rings. The van der Waals surface area contributed by atoms with Gasteiger partial charge in [0.05, 0.1) is 6.04 Å². The van der Waals surface area contributed by atoms with Gasteiger partial charge in [-0.3, -0.25) is 4.79 Å². The zero-order valence-electron chi connectivity index (χ0n) is 8.24. The Balaban J connectivity index is 2.92. The molecule has 0 unspecified atom stereocenters. The second-order valence-electron chi connectivity index (χ2n) is 3.08. The van der Waals surface area contributed by atoms with E-state index in [1.807, 2.05) is 0 Å². The Kier molecular flexibility index (Phi) is 3.62. The molecule has 0 aliphatic heterocycles. The van der Waals surface area contributed by atoms with Crippen LogP contribution in [0.1, 0.15) is 18.5 Å². The molecule has 0 amide bonds. The highest BCUT2D eigenvalue weighted by Gasteiger charge is 2.10. The predicted octanol–water partition coefficient (Wildman–Crippen LogP) is 1.29. The molecule has 0 saturated heterocycles. The second kappa shape index (κ2) is 4.75. The molecule has 0 saturated carbocycles. The van der Waals surface area contributed by atoms with Crippen LogP contribution in [0.3, 0.4) is 0 Å². The van der Waals surface area contributed by atoms with Crippen molar-refractivity contribution in [3.63, 3.8) is 0 Å². The first-order valence-electron chi connectivity index (χ1n) is 4.37. The molecule has 0 spiro atoms. The summed E-state index contributed by atoms with van der Waals surface area (Å²) in [7, 11) is 0. The minimum atomic E-state index is -0.776. The third-order valence-electron chi connectivity index (χ3n) is 1.83. The number of hydrogen-bond acceptors (Lipinski definition) is 4. The van der Waals surface area contributed by atoms with Crippen molar-refractivity contribution >= 4 is 5.97 Å². The van der Waals surface area contributed by atoms with Crippen molar-refractivity contribution in [2.45, 2.75) is 13.0 Å². The summed E-state index contributed by atoms with van der Waals surface area (Å²) in [5.74, 6) is -0.725. The number of phenols is 1. The normalized spacial score (nSPS) is 12.2. The maximum Gasteiger partial charge on any atom is 0.308 e. The first kappa shape index (κ1) is 11.5. The van der Waals surface area contributed by atoms with Gasteiger partial charge in [0, 0.05) is 6.92 Å². The van der Waals surface area contributed by atoms with Gasteiger partial charge in [-0.25, -0.2) is 4.39 Å². The van der Waals surface area contributed by atoms with E-state index < -0.39 is 18.7 Å². The van der Waals surface area contributed by atoms with Gasteiger partial charge in [-0.15, -0.1) is 0 Å². The number of hydrogen-bond donors (Lipinski definition) is 2. The molecule has 0 radical (unpaired) electrons. The van der Waals surface area contributed by atoms with Crippen molar-refractivity contribution in [3.05, 3.63) is 23.8 Å². The minimum absolute atomic E-state index is 0.0392. The fourth-order valence-corrected chi connectivity index (χ4v) is 1.10. The summed E-state index contributed by atoms with van der Waals surface area (Å²) in [6, 6.07) is 3.38. The van der Waals surface area contributed by atoms with Crippen LogP contribution in [0.4, 0.5) is 4.39 Å². The summed E-state index contributed by atoms with van der Waals surface area (Å²) < 4.78 is 16.9. The van der Waals surface area contributed by atoms with Crippen LogP contribution in [0.5, 0.6) is 11.5 Å². The summed E-state index contributed by atoms with van der Waals surface area (Å²) in [5, 5.41) is 9.43. The molecule has 1 rings (SSSR count). The topological polar surface area (TPSA) is 72.5 Å². The second-order valence-corrected chi connectivity index (χ2v) is 3.08. The molecular weight excluding hydrogens is 201 g/mol. The predicted molar refractivity (Wildman–Crippen MR) is 52.3 cm³/mol. The Bertz CT molecular complexity index is 368. The molecule has 0 aliphatic carbocycles. The molecule has 0 heterocycles. The first-order valence-corrected chi connectivity index (χ1v) is 4.37. The monoisotopic (exact) mass is 213 g/mol. The fraction of sp³-hybridized carbons (Fsp3) is 0.300. The van der Waals surface area contributed by atoms with Crippen molar-refractivity contribution < 1.29 is 19.0 Å². The van der Waals surface area contributed by atoms with Crippen LogP contribution in [0.15, 0.2) is 18.2 Å². The summed E-state index contributed by atoms with van der Waals surface area (Å²) in [6.45, 7) is 0.507. The number of esters is 1. The Labute approximate surface area is 86.5 Å². The van der Waals surface area contributed by atoms with Gasteiger partial charge in [-0.1, -0.05) is 6.07 Å². The van der Waals surface area contributed by atoms with Crippen molar-refractivity contribution in [2.24, 2.45) is 5.73 Å². The van der Waals surface area contributed by atoms with Gasteiger partial charge in [-0.2, -0.15) is 0 Å². The third-order valence-corrected chi connectivity index (χ3v) is 1.83. The lowest BCUT2D eigenvalue weighted by Crippen LogP contribution is -2.12. The summed E-state index contributed by atoms with van der Waals surface area (Å²) in [5.41, 5.74) is 5.87. The lowest BCUT2D eigenvalue weighted by Gasteiger charge is -2.10. The molecule has 0 bridgehead atoms. The number of carbonyl (C=O) groups is 1. The number of alkyl halides is 1. The molecule has 15 heavy (non-hydrogen) atoms. The first-order chi connectivity index (χ1) is 7.04. The zero-order valence-corrected chi connectivity index (χ0v) is 8.24. The van der Waals surface area contributed by atoms with E-state index in [9.17, 15) is 14.3 Å². The third kappa shape index (κ3) is 2.92. The molecule has 82 valence electrons. The van der Waals surface area contributed by atoms with Crippen LogP contribution >= 0.6 is 0 Å². The largest absolute Gasteiger partial charge is 0.504 e. The number of ether oxygens (including phenoxy) is 1. The van der Waals surface area contributed by atoms with Crippen LogP contribution in [0, 0.1) is 0 Å². The quantitative estimate of drug-likeness (QED) is 0.586. The highest BCUT2D eigenvalue weighted by atomic mass is 19.1. The molecule has 3 N–H and O–H groups in total. The lowest BCUT2D eigenvalue weighted by molar-refractivity contribution is -0.132. The van der Waals surface area contributed by atoms with Crippen LogP contribution in [-0.4, -0.2) is 17.8 Å². The highest BCUT2D eigenvalue weighted by molar-refractivity contribution is 5.70. The van der Waals surface area contributed by atoms with Gasteiger partial charge in [0.1, 0.15) is 6.67 Å². The summed E-state index contributed by atoms with van der Waals surface area (Å²) in [6.07, 6.45) is 0. The maximum absolute atomic E-state index is 12.2. The van der Waals surface area contributed by atoms with Crippen molar-refractivity contribution in [3.8, 4) is 11.5 Å². The summed E-state index contributed by atoms with van der Waals surface area (Å²) >= 11 is 0. The van der Waals surface area contributed by atoms with Crippen LogP contribution in [0.25, 0.3) is 0 Å². The average Bonchev–Trinajstić information content (AvgIpc) is 2.19. The number of benzene rings is 1. The molecular formula is C10H12FNO3. The van der Waals surface area contributed by atoms with E-state index in [2.05, 4.69) is 4.74 Å². The fourth-order valence-electron chi connectivity index (χ4n) is 1.10. The molecule has 1 atom stereocenters. The standard InChI is InChI=1S/C10H12FNO3/c1-6(13)15-10-3-2-7(4-9(10)14)8(12)5-11/h2-4,8,14H,5,12H2,1H3/t8-/m0/s1. The molecule has 4 nitrogen and oxygen atoms in total. The number of phenolic OH excluding ortho intramolecular Hbond substituents is 1. The summed E-state index contributed by atoms with van der Waals surface area (Å²) in [4.78, 5) is 10.6. The smallest absolute Gasteiger partial charge is 0.308 e. The Hall–Kier alpha value is -1.62. The highest BCUT2D eigenvalue weighted by Crippen LogP contribution is 2.28. The molecule has 0 aromatic heterocycles. The van der Waals surface area contributed by atoms with E-state index in [0.29, 0.717) is 5.56 Å². The van der Waals surface area contributed by atoms with Gasteiger partial charge in [0.15, 0.2) is 11.5 Å². The van der Waals surface area contributed by atoms with Gasteiger partial charge in [0.25, 0.3) is 0 Å². The van der Waals surface area contributed by atoms with Crippen LogP contribution in [0.2, 0.25) is 0 Å². The average molecular weight is 213 g/mol. The van der Waals surface area contributed by atoms with E-state index in [-0.39, 0.29) is 11.5 Å². The van der Waals surface area contributed by atoms with Crippen LogP contribution in [-0.2, 0) is 4.79 Å². The Morgan fingerprint density at radius 2 is 2.33 bits per heavy atom. The number of nitrogens with two attached hydrogens (primary N) is 1. The molecule has 5 heteroatoms. The number of aromatic hydroxyl groups is 1. The lowest BCUT2D eigenvalue weighted by atomic mass is 10.1. The van der Waals surface area contributed by atoms with Crippen molar-refractivity contribution in [1.82, 2.24) is 0 Å². The van der Waals surface area contributed by atoms with Crippen LogP contribution < -0.4 is 10.5 Å². The van der Waals surface area contributed by atoms with Crippen molar-refractivity contribution in [2.75, 3.05) is 6.67 Å². The molecule has 0 fully saturated rings. The molecule has 1 aromatic carbocycles. The van der Waals surface area contributed by atoms with E-state index in [4.69, 9.17) is 5.73 Å². The van der Waals surface area contributed by atoms with E-state index in [0.717, 1.165) is 0 Å². The van der Waals surface area contributed by atoms with Crippen molar-refractivity contribution in [1.29, 1.82) is 0 Å². The zero-order chi connectivity index (χ0) is 11.4. The Morgan fingerprint density at radius 1 is 1.67 bits per heavy atom. The SMILES string of the molecule is CC(=O)Oc1ccc([C@@H](N)CF)cc1O. The van der Waals surface area contributed by atoms with Gasteiger partial charge in [-0.05, 0) is 17.7 Å². The van der Waals surface area contributed by atoms with E-state index >= 15 is 0 Å². The number of halogens is 1. The Morgan fingerprint density at radius 3 is 2.80 bits per heavy atom. The van der Waals surface area contributed by atoms with Gasteiger partial charge in [0.2, 0.25) is 0 Å². The van der Waals surface area contributed by atoms with Gasteiger partial charge < -0.3 is 15.6 Å². The van der Waals surface area contributed by atoms with E-state index in [1.165, 1.54) is 25.1 Å². The number of rotatable bonds is 3. The number of carbonyl (C=O) groups excluding carboxylic acids is 1. The minimum Gasteiger partial charge on any atom is -0.504 e.